The molecule has 2 unspecified atom stereocenters. The first-order chi connectivity index (χ1) is 7.49. The van der Waals surface area contributed by atoms with E-state index in [1.165, 1.54) is 0 Å². The van der Waals surface area contributed by atoms with Crippen molar-refractivity contribution in [3.8, 4) is 0 Å². The molecule has 1 fully saturated rings. The van der Waals surface area contributed by atoms with Crippen molar-refractivity contribution in [3.05, 3.63) is 0 Å². The fourth-order valence-electron chi connectivity index (χ4n) is 1.62. The SMILES string of the molecule is CC(CNC(=O)NC1CCN(C)C1)C(=O)O. The van der Waals surface area contributed by atoms with Crippen molar-refractivity contribution in [2.24, 2.45) is 5.92 Å². The Kier molecular flexibility index (Phi) is 4.54. The summed E-state index contributed by atoms with van der Waals surface area (Å²) in [5.41, 5.74) is 0. The largest absolute Gasteiger partial charge is 0.481 e. The lowest BCUT2D eigenvalue weighted by Gasteiger charge is -2.14. The average Bonchev–Trinajstić information content (AvgIpc) is 2.60. The molecule has 2 amide bonds. The van der Waals surface area contributed by atoms with Crippen molar-refractivity contribution in [1.29, 1.82) is 0 Å². The maximum absolute atomic E-state index is 11.4. The maximum Gasteiger partial charge on any atom is 0.315 e. The van der Waals surface area contributed by atoms with Gasteiger partial charge < -0.3 is 20.6 Å². The summed E-state index contributed by atoms with van der Waals surface area (Å²) in [6, 6.07) is -0.112. The molecule has 1 aliphatic rings. The molecule has 0 bridgehead atoms. The molecular formula is C10H19N3O3. The van der Waals surface area contributed by atoms with E-state index in [-0.39, 0.29) is 18.6 Å². The fourth-order valence-corrected chi connectivity index (χ4v) is 1.62. The molecule has 2 atom stereocenters. The number of hydrogen-bond acceptors (Lipinski definition) is 3. The number of nitrogens with zero attached hydrogens (tertiary/aromatic N) is 1. The molecule has 0 aromatic carbocycles. The minimum atomic E-state index is -0.902. The van der Waals surface area contributed by atoms with Crippen LogP contribution in [-0.2, 0) is 4.79 Å². The Morgan fingerprint density at radius 3 is 2.75 bits per heavy atom. The van der Waals surface area contributed by atoms with Gasteiger partial charge in [-0.05, 0) is 20.0 Å². The van der Waals surface area contributed by atoms with Crippen LogP contribution in [0.1, 0.15) is 13.3 Å². The van der Waals surface area contributed by atoms with Gasteiger partial charge in [0.05, 0.1) is 5.92 Å². The van der Waals surface area contributed by atoms with Crippen molar-refractivity contribution in [2.75, 3.05) is 26.7 Å². The number of hydrogen-bond donors (Lipinski definition) is 3. The molecule has 0 aromatic heterocycles. The van der Waals surface area contributed by atoms with Crippen LogP contribution in [-0.4, -0.2) is 54.7 Å². The van der Waals surface area contributed by atoms with Crippen LogP contribution in [0.15, 0.2) is 0 Å². The van der Waals surface area contributed by atoms with Crippen molar-refractivity contribution in [2.45, 2.75) is 19.4 Å². The summed E-state index contributed by atoms with van der Waals surface area (Å²) >= 11 is 0. The Morgan fingerprint density at radius 1 is 1.56 bits per heavy atom. The fraction of sp³-hybridized carbons (Fsp3) is 0.800. The number of urea groups is 1. The number of carboxylic acids is 1. The highest BCUT2D eigenvalue weighted by Crippen LogP contribution is 2.05. The number of carbonyl (C=O) groups is 2. The second-order valence-corrected chi connectivity index (χ2v) is 4.34. The first kappa shape index (κ1) is 12.8. The highest BCUT2D eigenvalue weighted by molar-refractivity contribution is 5.76. The summed E-state index contributed by atoms with van der Waals surface area (Å²) in [7, 11) is 2.01. The molecule has 0 aromatic rings. The highest BCUT2D eigenvalue weighted by atomic mass is 16.4. The van der Waals surface area contributed by atoms with Crippen LogP contribution >= 0.6 is 0 Å². The molecule has 6 heteroatoms. The van der Waals surface area contributed by atoms with Gasteiger partial charge >= 0.3 is 12.0 Å². The highest BCUT2D eigenvalue weighted by Gasteiger charge is 2.21. The van der Waals surface area contributed by atoms with Crippen LogP contribution in [0.25, 0.3) is 0 Å². The number of likely N-dealkylation sites (N-methyl/N-ethyl adjacent to an activating group) is 1. The summed E-state index contributed by atoms with van der Waals surface area (Å²) in [6.45, 7) is 3.55. The van der Waals surface area contributed by atoms with E-state index in [4.69, 9.17) is 5.11 Å². The van der Waals surface area contributed by atoms with Gasteiger partial charge in [0.25, 0.3) is 0 Å². The Balaban J connectivity index is 2.18. The predicted octanol–water partition coefficient (Wildman–Crippen LogP) is -0.290. The van der Waals surface area contributed by atoms with E-state index in [0.717, 1.165) is 19.5 Å². The van der Waals surface area contributed by atoms with Gasteiger partial charge in [0, 0.05) is 19.1 Å². The molecule has 1 heterocycles. The van der Waals surface area contributed by atoms with Gasteiger partial charge in [-0.25, -0.2) is 4.79 Å². The number of carboxylic acid groups (broad SMARTS) is 1. The molecule has 1 saturated heterocycles. The van der Waals surface area contributed by atoms with Gasteiger partial charge in [-0.15, -0.1) is 0 Å². The minimum Gasteiger partial charge on any atom is -0.481 e. The summed E-state index contributed by atoms with van der Waals surface area (Å²) in [5.74, 6) is -1.46. The number of aliphatic carboxylic acids is 1. The van der Waals surface area contributed by atoms with E-state index in [1.54, 1.807) is 6.92 Å². The Labute approximate surface area is 95.0 Å². The topological polar surface area (TPSA) is 81.7 Å². The molecule has 92 valence electrons. The average molecular weight is 229 g/mol. The Morgan fingerprint density at radius 2 is 2.25 bits per heavy atom. The van der Waals surface area contributed by atoms with Gasteiger partial charge in [0.2, 0.25) is 0 Å². The van der Waals surface area contributed by atoms with E-state index in [9.17, 15) is 9.59 Å². The molecule has 16 heavy (non-hydrogen) atoms. The molecule has 6 nitrogen and oxygen atoms in total. The molecule has 3 N–H and O–H groups in total. The third-order valence-corrected chi connectivity index (χ3v) is 2.72. The first-order valence-electron chi connectivity index (χ1n) is 5.44. The van der Waals surface area contributed by atoms with E-state index in [1.807, 2.05) is 7.05 Å². The number of rotatable bonds is 4. The van der Waals surface area contributed by atoms with E-state index in [0.29, 0.717) is 0 Å². The zero-order chi connectivity index (χ0) is 12.1. The predicted molar refractivity (Wildman–Crippen MR) is 59.2 cm³/mol. The molecular weight excluding hydrogens is 210 g/mol. The second-order valence-electron chi connectivity index (χ2n) is 4.34. The van der Waals surface area contributed by atoms with E-state index < -0.39 is 11.9 Å². The summed E-state index contributed by atoms with van der Waals surface area (Å²) in [4.78, 5) is 24.1. The lowest BCUT2D eigenvalue weighted by Crippen LogP contribution is -2.44. The number of likely N-dealkylation sites (tertiary alicyclic amines) is 1. The summed E-state index contributed by atoms with van der Waals surface area (Å²) in [5, 5.41) is 14.0. The molecule has 1 aliphatic heterocycles. The van der Waals surface area contributed by atoms with Gasteiger partial charge in [0.15, 0.2) is 0 Å². The first-order valence-corrected chi connectivity index (χ1v) is 5.44. The Bertz CT molecular complexity index is 270. The van der Waals surface area contributed by atoms with Crippen LogP contribution in [0, 0.1) is 5.92 Å². The maximum atomic E-state index is 11.4. The van der Waals surface area contributed by atoms with Gasteiger partial charge in [-0.3, -0.25) is 4.79 Å². The van der Waals surface area contributed by atoms with Gasteiger partial charge in [0.1, 0.15) is 0 Å². The third kappa shape index (κ3) is 4.06. The van der Waals surface area contributed by atoms with Gasteiger partial charge in [-0.2, -0.15) is 0 Å². The van der Waals surface area contributed by atoms with Crippen molar-refractivity contribution in [3.63, 3.8) is 0 Å². The van der Waals surface area contributed by atoms with Crippen LogP contribution in [0.2, 0.25) is 0 Å². The zero-order valence-corrected chi connectivity index (χ0v) is 9.69. The second kappa shape index (κ2) is 5.69. The molecule has 0 radical (unpaired) electrons. The van der Waals surface area contributed by atoms with Crippen molar-refractivity contribution in [1.82, 2.24) is 15.5 Å². The standard InChI is InChI=1S/C10H19N3O3/c1-7(9(14)15)5-11-10(16)12-8-3-4-13(2)6-8/h7-8H,3-6H2,1-2H3,(H,14,15)(H2,11,12,16). The van der Waals surface area contributed by atoms with Crippen molar-refractivity contribution >= 4 is 12.0 Å². The summed E-state index contributed by atoms with van der Waals surface area (Å²) in [6.07, 6.45) is 0.943. The zero-order valence-electron chi connectivity index (χ0n) is 9.69. The van der Waals surface area contributed by atoms with E-state index in [2.05, 4.69) is 15.5 Å². The lowest BCUT2D eigenvalue weighted by molar-refractivity contribution is -0.140. The molecule has 1 rings (SSSR count). The number of amides is 2. The number of carbonyl (C=O) groups excluding carboxylic acids is 1. The lowest BCUT2D eigenvalue weighted by atomic mass is 10.2. The van der Waals surface area contributed by atoms with E-state index >= 15 is 0 Å². The Hall–Kier alpha value is -1.30. The molecule has 0 saturated carbocycles. The van der Waals surface area contributed by atoms with Crippen LogP contribution in [0.3, 0.4) is 0 Å². The van der Waals surface area contributed by atoms with Crippen molar-refractivity contribution < 1.29 is 14.7 Å². The molecule has 0 aliphatic carbocycles. The number of nitrogens with one attached hydrogen (secondary N) is 2. The quantitative estimate of drug-likeness (QED) is 0.618. The van der Waals surface area contributed by atoms with Crippen LogP contribution in [0.5, 0.6) is 0 Å². The van der Waals surface area contributed by atoms with Gasteiger partial charge in [-0.1, -0.05) is 6.92 Å². The monoisotopic (exact) mass is 229 g/mol. The third-order valence-electron chi connectivity index (χ3n) is 2.72. The molecule has 0 spiro atoms. The minimum absolute atomic E-state index is 0.156. The normalized spacial score (nSPS) is 22.8. The summed E-state index contributed by atoms with van der Waals surface area (Å²) < 4.78 is 0. The van der Waals surface area contributed by atoms with Crippen LogP contribution in [0.4, 0.5) is 4.79 Å². The smallest absolute Gasteiger partial charge is 0.315 e. The van der Waals surface area contributed by atoms with Crippen LogP contribution < -0.4 is 10.6 Å².